The van der Waals surface area contributed by atoms with E-state index in [0.717, 1.165) is 36.5 Å². The molecule has 1 aliphatic heterocycles. The fourth-order valence-corrected chi connectivity index (χ4v) is 3.54. The second kappa shape index (κ2) is 6.57. The molecule has 1 amide bonds. The zero-order valence-electron chi connectivity index (χ0n) is 15.2. The van der Waals surface area contributed by atoms with Gasteiger partial charge in [0.05, 0.1) is 22.3 Å². The predicted octanol–water partition coefficient (Wildman–Crippen LogP) is 2.89. The number of fused-ring (bicyclic) bond motifs is 1. The Bertz CT molecular complexity index is 967. The number of carbonyl (C=O) groups is 1. The summed E-state index contributed by atoms with van der Waals surface area (Å²) in [6, 6.07) is 4.04. The van der Waals surface area contributed by atoms with E-state index in [4.69, 9.17) is 8.94 Å². The molecule has 1 saturated heterocycles. The molecule has 0 spiro atoms. The Hall–Kier alpha value is -2.67. The third-order valence-electron chi connectivity index (χ3n) is 4.85. The lowest BCUT2D eigenvalue weighted by Gasteiger charge is -2.12. The Morgan fingerprint density at radius 3 is 2.88 bits per heavy atom. The summed E-state index contributed by atoms with van der Waals surface area (Å²) in [5.74, 6) is 1.41. The third-order valence-corrected chi connectivity index (χ3v) is 4.85. The van der Waals surface area contributed by atoms with Crippen LogP contribution in [0.3, 0.4) is 0 Å². The zero-order valence-corrected chi connectivity index (χ0v) is 15.2. The molecule has 26 heavy (non-hydrogen) atoms. The number of hydrogen-bond acceptors (Lipinski definition) is 6. The van der Waals surface area contributed by atoms with Gasteiger partial charge in [0.1, 0.15) is 11.5 Å². The smallest absolute Gasteiger partial charge is 0.259 e. The van der Waals surface area contributed by atoms with Crippen molar-refractivity contribution in [3.05, 3.63) is 34.9 Å². The number of amides is 1. The molecule has 3 aromatic heterocycles. The first-order valence-corrected chi connectivity index (χ1v) is 8.89. The molecule has 7 heteroatoms. The Morgan fingerprint density at radius 2 is 2.19 bits per heavy atom. The predicted molar refractivity (Wildman–Crippen MR) is 97.1 cm³/mol. The molecular weight excluding hydrogens is 332 g/mol. The van der Waals surface area contributed by atoms with Crippen molar-refractivity contribution in [1.82, 2.24) is 20.8 Å². The lowest BCUT2D eigenvalue weighted by atomic mass is 10.1. The highest BCUT2D eigenvalue weighted by molar-refractivity contribution is 6.07. The highest BCUT2D eigenvalue weighted by Gasteiger charge is 2.22. The van der Waals surface area contributed by atoms with E-state index in [9.17, 15) is 4.79 Å². The topological polar surface area (TPSA) is 93.2 Å². The molecule has 0 aliphatic carbocycles. The molecule has 136 valence electrons. The van der Waals surface area contributed by atoms with Crippen LogP contribution in [0.5, 0.6) is 0 Å². The van der Waals surface area contributed by atoms with Gasteiger partial charge in [0, 0.05) is 18.2 Å². The van der Waals surface area contributed by atoms with Crippen LogP contribution in [0.2, 0.25) is 0 Å². The molecule has 3 aromatic rings. The fraction of sp³-hybridized carbons (Fsp3) is 0.421. The van der Waals surface area contributed by atoms with E-state index >= 15 is 0 Å². The van der Waals surface area contributed by atoms with Crippen LogP contribution in [0, 0.1) is 20.8 Å². The Labute approximate surface area is 151 Å². The van der Waals surface area contributed by atoms with E-state index in [-0.39, 0.29) is 5.91 Å². The SMILES string of the molecule is Cc1cc(-c2cc(C(=O)NCC3CCCN3)c3c(C)noc3n2)c(C)o1. The van der Waals surface area contributed by atoms with Gasteiger partial charge in [-0.15, -0.1) is 0 Å². The Balaban J connectivity index is 1.72. The summed E-state index contributed by atoms with van der Waals surface area (Å²) >= 11 is 0. The lowest BCUT2D eigenvalue weighted by Crippen LogP contribution is -2.37. The van der Waals surface area contributed by atoms with E-state index in [1.165, 1.54) is 0 Å². The summed E-state index contributed by atoms with van der Waals surface area (Å²) in [6.45, 7) is 7.19. The van der Waals surface area contributed by atoms with Crippen molar-refractivity contribution in [3.63, 3.8) is 0 Å². The monoisotopic (exact) mass is 354 g/mol. The average Bonchev–Trinajstić information content (AvgIpc) is 3.33. The minimum absolute atomic E-state index is 0.142. The van der Waals surface area contributed by atoms with Crippen LogP contribution >= 0.6 is 0 Å². The fourth-order valence-electron chi connectivity index (χ4n) is 3.54. The summed E-state index contributed by atoms with van der Waals surface area (Å²) in [5.41, 5.74) is 3.04. The molecule has 1 unspecified atom stereocenters. The van der Waals surface area contributed by atoms with E-state index in [1.807, 2.05) is 26.8 Å². The minimum Gasteiger partial charge on any atom is -0.466 e. The summed E-state index contributed by atoms with van der Waals surface area (Å²) in [5, 5.41) is 11.1. The number of rotatable bonds is 4. The number of aromatic nitrogens is 2. The molecule has 7 nitrogen and oxygen atoms in total. The molecule has 0 saturated carbocycles. The molecule has 0 radical (unpaired) electrons. The van der Waals surface area contributed by atoms with Gasteiger partial charge in [0.2, 0.25) is 0 Å². The van der Waals surface area contributed by atoms with Gasteiger partial charge in [0.15, 0.2) is 0 Å². The van der Waals surface area contributed by atoms with Gasteiger partial charge in [-0.05, 0) is 52.3 Å². The molecule has 2 N–H and O–H groups in total. The molecule has 4 heterocycles. The second-order valence-electron chi connectivity index (χ2n) is 6.83. The standard InChI is InChI=1S/C19H22N4O3/c1-10-7-14(12(3)25-10)16-8-15(17-11(2)23-26-19(17)22-16)18(24)21-9-13-5-4-6-20-13/h7-8,13,20H,4-6,9H2,1-3H3,(H,21,24). The van der Waals surface area contributed by atoms with Crippen molar-refractivity contribution < 1.29 is 13.7 Å². The largest absolute Gasteiger partial charge is 0.466 e. The van der Waals surface area contributed by atoms with Crippen LogP contribution in [0.15, 0.2) is 21.1 Å². The van der Waals surface area contributed by atoms with Crippen molar-refractivity contribution in [3.8, 4) is 11.3 Å². The molecule has 4 rings (SSSR count). The first-order valence-electron chi connectivity index (χ1n) is 8.89. The maximum Gasteiger partial charge on any atom is 0.259 e. The summed E-state index contributed by atoms with van der Waals surface area (Å²) in [6.07, 6.45) is 2.23. The number of pyridine rings is 1. The first-order chi connectivity index (χ1) is 12.5. The van der Waals surface area contributed by atoms with Gasteiger partial charge < -0.3 is 19.6 Å². The van der Waals surface area contributed by atoms with Gasteiger partial charge in [0.25, 0.3) is 11.6 Å². The highest BCUT2D eigenvalue weighted by Crippen LogP contribution is 2.30. The van der Waals surface area contributed by atoms with Crippen LogP contribution < -0.4 is 10.6 Å². The second-order valence-corrected chi connectivity index (χ2v) is 6.83. The highest BCUT2D eigenvalue weighted by atomic mass is 16.5. The average molecular weight is 354 g/mol. The van der Waals surface area contributed by atoms with Crippen LogP contribution in [0.1, 0.15) is 40.4 Å². The number of carbonyl (C=O) groups excluding carboxylic acids is 1. The summed E-state index contributed by atoms with van der Waals surface area (Å²) < 4.78 is 10.9. The maximum atomic E-state index is 12.9. The number of hydrogen-bond donors (Lipinski definition) is 2. The van der Waals surface area contributed by atoms with Crippen molar-refractivity contribution in [2.24, 2.45) is 0 Å². The number of furan rings is 1. The lowest BCUT2D eigenvalue weighted by molar-refractivity contribution is 0.0952. The van der Waals surface area contributed by atoms with Gasteiger partial charge in [-0.25, -0.2) is 4.98 Å². The van der Waals surface area contributed by atoms with Crippen molar-refractivity contribution in [2.45, 2.75) is 39.7 Å². The molecule has 0 bridgehead atoms. The molecule has 1 fully saturated rings. The van der Waals surface area contributed by atoms with E-state index in [1.54, 1.807) is 6.07 Å². The third kappa shape index (κ3) is 2.99. The Morgan fingerprint density at radius 1 is 1.35 bits per heavy atom. The summed E-state index contributed by atoms with van der Waals surface area (Å²) in [7, 11) is 0. The van der Waals surface area contributed by atoms with Gasteiger partial charge in [-0.3, -0.25) is 4.79 Å². The van der Waals surface area contributed by atoms with Crippen molar-refractivity contribution in [2.75, 3.05) is 13.1 Å². The minimum atomic E-state index is -0.142. The summed E-state index contributed by atoms with van der Waals surface area (Å²) in [4.78, 5) is 17.4. The van der Waals surface area contributed by atoms with E-state index < -0.39 is 0 Å². The maximum absolute atomic E-state index is 12.9. The molecule has 1 aliphatic rings. The van der Waals surface area contributed by atoms with Crippen LogP contribution in [0.25, 0.3) is 22.4 Å². The van der Waals surface area contributed by atoms with Crippen molar-refractivity contribution in [1.29, 1.82) is 0 Å². The first kappa shape index (κ1) is 16.8. The van der Waals surface area contributed by atoms with Gasteiger partial charge in [-0.1, -0.05) is 5.16 Å². The van der Waals surface area contributed by atoms with Gasteiger partial charge >= 0.3 is 0 Å². The van der Waals surface area contributed by atoms with Crippen LogP contribution in [-0.2, 0) is 0 Å². The molecular formula is C19H22N4O3. The van der Waals surface area contributed by atoms with E-state index in [2.05, 4.69) is 20.8 Å². The van der Waals surface area contributed by atoms with Crippen molar-refractivity contribution >= 4 is 17.0 Å². The number of nitrogens with one attached hydrogen (secondary N) is 2. The van der Waals surface area contributed by atoms with Gasteiger partial charge in [-0.2, -0.15) is 0 Å². The Kier molecular flexibility index (Phi) is 4.24. The normalized spacial score (nSPS) is 17.1. The van der Waals surface area contributed by atoms with E-state index in [0.29, 0.717) is 40.6 Å². The zero-order chi connectivity index (χ0) is 18.3. The van der Waals surface area contributed by atoms with Crippen LogP contribution in [0.4, 0.5) is 0 Å². The number of nitrogens with zero attached hydrogens (tertiary/aromatic N) is 2. The molecule has 1 atom stereocenters. The number of aryl methyl sites for hydroxylation is 3. The molecule has 0 aromatic carbocycles. The quantitative estimate of drug-likeness (QED) is 0.748. The van der Waals surface area contributed by atoms with Crippen LogP contribution in [-0.4, -0.2) is 35.2 Å².